The Morgan fingerprint density at radius 3 is 2.54 bits per heavy atom. The largest absolute Gasteiger partial charge is 0.397 e. The number of carbonyl (C=O) groups excluding carboxylic acids is 1. The fraction of sp³-hybridized carbons (Fsp3) is 0. The number of hydrogen-bond donors (Lipinski definition) is 3. The van der Waals surface area contributed by atoms with Crippen LogP contribution in [-0.2, 0) is 4.79 Å². The van der Waals surface area contributed by atoms with Crippen molar-refractivity contribution in [3.63, 3.8) is 0 Å². The van der Waals surface area contributed by atoms with Crippen LogP contribution in [0, 0.1) is 5.82 Å². The monoisotopic (exact) mass is 348 g/mol. The van der Waals surface area contributed by atoms with Crippen molar-refractivity contribution in [1.82, 2.24) is 4.98 Å². The number of nitrogens with zero attached hydrogens (tertiary/aromatic N) is 1. The summed E-state index contributed by atoms with van der Waals surface area (Å²) >= 11 is 0. The maximum atomic E-state index is 13.3. The zero-order chi connectivity index (χ0) is 18.5. The first-order chi connectivity index (χ1) is 12.5. The third kappa shape index (κ3) is 4.05. The van der Waals surface area contributed by atoms with Gasteiger partial charge in [0.25, 0.3) is 0 Å². The molecule has 0 aliphatic heterocycles. The van der Waals surface area contributed by atoms with Gasteiger partial charge in [-0.25, -0.2) is 4.39 Å². The SMILES string of the molecule is Nc1cc(-c2ccnc(C=CC(=O)Nc3ccccc3N)c2)ccc1F. The minimum Gasteiger partial charge on any atom is -0.397 e. The lowest BCUT2D eigenvalue weighted by atomic mass is 10.1. The molecule has 0 bridgehead atoms. The average Bonchev–Trinajstić information content (AvgIpc) is 2.64. The van der Waals surface area contributed by atoms with Gasteiger partial charge in [-0.3, -0.25) is 9.78 Å². The molecule has 0 saturated heterocycles. The van der Waals surface area contributed by atoms with E-state index in [4.69, 9.17) is 11.5 Å². The first kappa shape index (κ1) is 17.2. The van der Waals surface area contributed by atoms with E-state index in [1.165, 1.54) is 12.1 Å². The summed E-state index contributed by atoms with van der Waals surface area (Å²) < 4.78 is 13.3. The van der Waals surface area contributed by atoms with Crippen LogP contribution >= 0.6 is 0 Å². The van der Waals surface area contributed by atoms with E-state index in [2.05, 4.69) is 10.3 Å². The van der Waals surface area contributed by atoms with E-state index in [1.807, 2.05) is 0 Å². The minimum absolute atomic E-state index is 0.0798. The van der Waals surface area contributed by atoms with E-state index in [0.717, 1.165) is 11.1 Å². The number of halogens is 1. The molecule has 0 aliphatic carbocycles. The van der Waals surface area contributed by atoms with Crippen LogP contribution in [0.2, 0.25) is 0 Å². The molecule has 3 aromatic rings. The zero-order valence-electron chi connectivity index (χ0n) is 13.8. The number of pyridine rings is 1. The normalized spacial score (nSPS) is 10.8. The Kier molecular flexibility index (Phi) is 4.94. The van der Waals surface area contributed by atoms with Crippen LogP contribution < -0.4 is 16.8 Å². The molecule has 0 unspecified atom stereocenters. The fourth-order valence-corrected chi connectivity index (χ4v) is 2.39. The summed E-state index contributed by atoms with van der Waals surface area (Å²) in [5.74, 6) is -0.777. The predicted octanol–water partition coefficient (Wildman–Crippen LogP) is 3.70. The van der Waals surface area contributed by atoms with Gasteiger partial charge in [-0.15, -0.1) is 0 Å². The summed E-state index contributed by atoms with van der Waals surface area (Å²) in [6, 6.07) is 15.1. The van der Waals surface area contributed by atoms with E-state index in [0.29, 0.717) is 17.1 Å². The Morgan fingerprint density at radius 1 is 1.00 bits per heavy atom. The van der Waals surface area contributed by atoms with E-state index in [1.54, 1.807) is 60.8 Å². The second-order valence-electron chi connectivity index (χ2n) is 5.62. The molecule has 0 saturated carbocycles. The van der Waals surface area contributed by atoms with Gasteiger partial charge < -0.3 is 16.8 Å². The van der Waals surface area contributed by atoms with Crippen LogP contribution in [0.4, 0.5) is 21.5 Å². The van der Waals surface area contributed by atoms with Gasteiger partial charge in [0, 0.05) is 12.3 Å². The molecule has 5 N–H and O–H groups in total. The van der Waals surface area contributed by atoms with Crippen LogP contribution in [0.3, 0.4) is 0 Å². The number of para-hydroxylation sites is 2. The molecule has 0 fully saturated rings. The number of anilines is 3. The molecule has 0 spiro atoms. The van der Waals surface area contributed by atoms with Crippen molar-refractivity contribution >= 4 is 29.0 Å². The van der Waals surface area contributed by atoms with Crippen molar-refractivity contribution in [3.8, 4) is 11.1 Å². The number of nitrogens with one attached hydrogen (secondary N) is 1. The number of hydrogen-bond acceptors (Lipinski definition) is 4. The highest BCUT2D eigenvalue weighted by Gasteiger charge is 2.04. The number of carbonyl (C=O) groups is 1. The standard InChI is InChI=1S/C20H17FN4O/c21-16-7-5-13(12-18(16)23)14-9-10-24-15(11-14)6-8-20(26)25-19-4-2-1-3-17(19)22/h1-12H,22-23H2,(H,25,26). The van der Waals surface area contributed by atoms with Crippen molar-refractivity contribution < 1.29 is 9.18 Å². The van der Waals surface area contributed by atoms with Crippen molar-refractivity contribution in [1.29, 1.82) is 0 Å². The van der Waals surface area contributed by atoms with Crippen molar-refractivity contribution in [2.45, 2.75) is 0 Å². The van der Waals surface area contributed by atoms with Gasteiger partial charge in [0.2, 0.25) is 5.91 Å². The lowest BCUT2D eigenvalue weighted by Crippen LogP contribution is -2.09. The first-order valence-electron chi connectivity index (χ1n) is 7.88. The highest BCUT2D eigenvalue weighted by molar-refractivity contribution is 6.03. The van der Waals surface area contributed by atoms with E-state index >= 15 is 0 Å². The molecule has 6 heteroatoms. The lowest BCUT2D eigenvalue weighted by molar-refractivity contribution is -0.111. The summed E-state index contributed by atoms with van der Waals surface area (Å²) in [6.45, 7) is 0. The van der Waals surface area contributed by atoms with E-state index in [-0.39, 0.29) is 11.6 Å². The van der Waals surface area contributed by atoms with Crippen molar-refractivity contribution in [3.05, 3.63) is 78.4 Å². The fourth-order valence-electron chi connectivity index (χ4n) is 2.39. The summed E-state index contributed by atoms with van der Waals surface area (Å²) in [5, 5.41) is 2.70. The lowest BCUT2D eigenvalue weighted by Gasteiger charge is -2.06. The number of aromatic nitrogens is 1. The molecule has 1 heterocycles. The zero-order valence-corrected chi connectivity index (χ0v) is 13.8. The number of nitrogens with two attached hydrogens (primary N) is 2. The maximum absolute atomic E-state index is 13.3. The second kappa shape index (κ2) is 7.48. The maximum Gasteiger partial charge on any atom is 0.248 e. The van der Waals surface area contributed by atoms with Gasteiger partial charge in [-0.1, -0.05) is 18.2 Å². The number of rotatable bonds is 4. The quantitative estimate of drug-likeness (QED) is 0.495. The predicted molar refractivity (Wildman–Crippen MR) is 103 cm³/mol. The smallest absolute Gasteiger partial charge is 0.248 e. The number of amides is 1. The van der Waals surface area contributed by atoms with Crippen LogP contribution in [-0.4, -0.2) is 10.9 Å². The van der Waals surface area contributed by atoms with Gasteiger partial charge in [0.05, 0.1) is 22.8 Å². The molecular weight excluding hydrogens is 331 g/mol. The van der Waals surface area contributed by atoms with Gasteiger partial charge >= 0.3 is 0 Å². The number of benzene rings is 2. The Labute approximate surface area is 150 Å². The third-order valence-corrected chi connectivity index (χ3v) is 3.73. The molecule has 5 nitrogen and oxygen atoms in total. The van der Waals surface area contributed by atoms with Crippen LogP contribution in [0.5, 0.6) is 0 Å². The molecule has 0 aliphatic rings. The van der Waals surface area contributed by atoms with Crippen molar-refractivity contribution in [2.75, 3.05) is 16.8 Å². The molecule has 2 aromatic carbocycles. The highest BCUT2D eigenvalue weighted by atomic mass is 19.1. The topological polar surface area (TPSA) is 94.0 Å². The first-order valence-corrected chi connectivity index (χ1v) is 7.88. The molecule has 3 rings (SSSR count). The Morgan fingerprint density at radius 2 is 1.77 bits per heavy atom. The van der Waals surface area contributed by atoms with Crippen LogP contribution in [0.15, 0.2) is 66.9 Å². The summed E-state index contributed by atoms with van der Waals surface area (Å²) in [6.07, 6.45) is 4.57. The molecule has 0 atom stereocenters. The van der Waals surface area contributed by atoms with E-state index < -0.39 is 5.82 Å². The Hall–Kier alpha value is -3.67. The van der Waals surface area contributed by atoms with Gasteiger partial charge in [0.1, 0.15) is 5.82 Å². The molecule has 1 amide bonds. The highest BCUT2D eigenvalue weighted by Crippen LogP contribution is 2.24. The second-order valence-corrected chi connectivity index (χ2v) is 5.62. The van der Waals surface area contributed by atoms with Gasteiger partial charge in [-0.2, -0.15) is 0 Å². The van der Waals surface area contributed by atoms with Crippen molar-refractivity contribution in [2.24, 2.45) is 0 Å². The minimum atomic E-state index is -0.459. The Bertz CT molecular complexity index is 985. The summed E-state index contributed by atoms with van der Waals surface area (Å²) in [7, 11) is 0. The average molecular weight is 348 g/mol. The number of nitrogen functional groups attached to an aromatic ring is 2. The summed E-state index contributed by atoms with van der Waals surface area (Å²) in [4.78, 5) is 16.2. The van der Waals surface area contributed by atoms with E-state index in [9.17, 15) is 9.18 Å². The molecule has 1 aromatic heterocycles. The van der Waals surface area contributed by atoms with Gasteiger partial charge in [-0.05, 0) is 53.6 Å². The van der Waals surface area contributed by atoms with Crippen LogP contribution in [0.1, 0.15) is 5.69 Å². The Balaban J connectivity index is 1.76. The molecule has 0 radical (unpaired) electrons. The molecular formula is C20H17FN4O. The van der Waals surface area contributed by atoms with Crippen LogP contribution in [0.25, 0.3) is 17.2 Å². The van der Waals surface area contributed by atoms with Gasteiger partial charge in [0.15, 0.2) is 0 Å². The third-order valence-electron chi connectivity index (χ3n) is 3.73. The molecule has 26 heavy (non-hydrogen) atoms. The molecule has 130 valence electrons. The summed E-state index contributed by atoms with van der Waals surface area (Å²) in [5.41, 5.74) is 14.7.